The van der Waals surface area contributed by atoms with Gasteiger partial charge < -0.3 is 0 Å². The van der Waals surface area contributed by atoms with Crippen LogP contribution in [0.15, 0.2) is 30.8 Å². The molecule has 17 heteroatoms. The number of carbonyl (C=O) groups excluding carboxylic acids is 1. The number of amides is 1. The van der Waals surface area contributed by atoms with Gasteiger partial charge in [-0.25, -0.2) is 0 Å². The van der Waals surface area contributed by atoms with Gasteiger partial charge in [0.15, 0.2) is 0 Å². The van der Waals surface area contributed by atoms with E-state index in [1.165, 1.54) is 0 Å². The molecule has 0 spiro atoms. The molecule has 0 saturated heterocycles. The third kappa shape index (κ3) is 15.5. The first-order valence-corrected chi connectivity index (χ1v) is 26.8. The molecule has 1 aromatic rings. The average Bonchev–Trinajstić information content (AvgIpc) is 3.11. The number of rotatable bonds is 30. The summed E-state index contributed by atoms with van der Waals surface area (Å²) >= 11 is 0. The zero-order valence-corrected chi connectivity index (χ0v) is 38.2. The van der Waals surface area contributed by atoms with Gasteiger partial charge in [-0.1, -0.05) is 0 Å². The van der Waals surface area contributed by atoms with Gasteiger partial charge in [-0.2, -0.15) is 0 Å². The van der Waals surface area contributed by atoms with Gasteiger partial charge >= 0.3 is 347 Å². The van der Waals surface area contributed by atoms with Crippen molar-refractivity contribution in [2.45, 2.75) is 174 Å². The first kappa shape index (κ1) is 54.1. The summed E-state index contributed by atoms with van der Waals surface area (Å²) in [6.07, 6.45) is 6.80. The van der Waals surface area contributed by atoms with Crippen LogP contribution in [-0.4, -0.2) is 68.7 Å². The van der Waals surface area contributed by atoms with Crippen LogP contribution >= 0.6 is 6.75 Å². The number of allylic oxidation sites excluding steroid dienone is 1. The van der Waals surface area contributed by atoms with Crippen molar-refractivity contribution in [3.8, 4) is 0 Å². The van der Waals surface area contributed by atoms with Gasteiger partial charge in [0, 0.05) is 0 Å². The summed E-state index contributed by atoms with van der Waals surface area (Å²) in [6, 6.07) is 7.15. The van der Waals surface area contributed by atoms with E-state index in [-0.39, 0.29) is 19.3 Å². The first-order valence-electron chi connectivity index (χ1n) is 21.0. The second kappa shape index (κ2) is 23.9. The zero-order chi connectivity index (χ0) is 44.3. The van der Waals surface area contributed by atoms with Crippen LogP contribution in [0.2, 0.25) is 0 Å². The summed E-state index contributed by atoms with van der Waals surface area (Å²) in [5.74, 6) is 0. The van der Waals surface area contributed by atoms with Crippen molar-refractivity contribution in [2.24, 2.45) is 0 Å². The Morgan fingerprint density at radius 1 is 0.672 bits per heavy atom. The molecular formula is C41H71F6N2O6PS2. The van der Waals surface area contributed by atoms with E-state index in [1.54, 1.807) is 32.0 Å². The Bertz CT molecular complexity index is 1550. The van der Waals surface area contributed by atoms with Crippen molar-refractivity contribution >= 4 is 38.5 Å². The molecule has 0 fully saturated rings. The van der Waals surface area contributed by atoms with Gasteiger partial charge in [0.25, 0.3) is 0 Å². The van der Waals surface area contributed by atoms with Crippen LogP contribution < -0.4 is 5.32 Å². The molecule has 0 aliphatic rings. The van der Waals surface area contributed by atoms with Gasteiger partial charge in [-0.3, -0.25) is 0 Å². The van der Waals surface area contributed by atoms with E-state index in [9.17, 15) is 48.0 Å². The van der Waals surface area contributed by atoms with Crippen LogP contribution in [0.5, 0.6) is 0 Å². The second-order valence-corrected chi connectivity index (χ2v) is 26.8. The van der Waals surface area contributed by atoms with Gasteiger partial charge in [0.2, 0.25) is 0 Å². The maximum atomic E-state index is 14.8. The molecule has 8 nitrogen and oxygen atoms in total. The maximum absolute atomic E-state index is 14.8. The summed E-state index contributed by atoms with van der Waals surface area (Å²) in [7, 11) is -14.3. The van der Waals surface area contributed by atoms with Crippen LogP contribution in [0.4, 0.5) is 31.1 Å². The number of alkyl carbamates (subject to hydrolysis) is 1. The van der Waals surface area contributed by atoms with Crippen LogP contribution in [0.1, 0.15) is 168 Å². The fraction of sp³-hybridized carbons (Fsp3) is 0.780. The number of hydrogen-bond donors (Lipinski definition) is 1. The topological polar surface area (TPSA) is 110 Å². The molecule has 1 amide bonds. The fourth-order valence-electron chi connectivity index (χ4n) is 7.72. The van der Waals surface area contributed by atoms with Crippen LogP contribution in [-0.2, 0) is 30.3 Å². The van der Waals surface area contributed by atoms with Gasteiger partial charge in [-0.15, -0.1) is 0 Å². The number of unbranched alkanes of at least 4 members (excludes halogenated alkanes) is 15. The minimum absolute atomic E-state index is 0.00273. The first-order chi connectivity index (χ1) is 26.9. The number of alkyl halides is 6. The third-order valence-electron chi connectivity index (χ3n) is 11.1. The molecule has 1 N–H and O–H groups in total. The summed E-state index contributed by atoms with van der Waals surface area (Å²) in [6.45, 7) is 8.71. The van der Waals surface area contributed by atoms with Crippen LogP contribution in [0, 0.1) is 0 Å². The molecule has 0 radical (unpaired) electrons. The van der Waals surface area contributed by atoms with Crippen LogP contribution in [0.3, 0.4) is 0 Å². The Balaban J connectivity index is 4.07. The molecular weight excluding hydrogens is 826 g/mol. The van der Waals surface area contributed by atoms with Crippen LogP contribution in [0.25, 0.3) is 5.57 Å². The number of hydrogen-bond acceptors (Lipinski definition) is 6. The summed E-state index contributed by atoms with van der Waals surface area (Å²) in [5.41, 5.74) is -11.6. The molecule has 0 aliphatic carbocycles. The Morgan fingerprint density at radius 2 is 1.05 bits per heavy atom. The Kier molecular flexibility index (Phi) is 22.3. The number of sulfonamides is 2. The van der Waals surface area contributed by atoms with Crippen molar-refractivity contribution in [2.75, 3.05) is 31.3 Å². The monoisotopic (exact) mass is 896 g/mol. The summed E-state index contributed by atoms with van der Waals surface area (Å²) < 4.78 is 148. The van der Waals surface area contributed by atoms with E-state index in [1.807, 2.05) is 33.8 Å². The van der Waals surface area contributed by atoms with Crippen molar-refractivity contribution in [1.29, 1.82) is 0 Å². The van der Waals surface area contributed by atoms with Crippen molar-refractivity contribution in [3.05, 3.63) is 42.0 Å². The van der Waals surface area contributed by atoms with E-state index in [0.29, 0.717) is 44.1 Å². The van der Waals surface area contributed by atoms with Crippen molar-refractivity contribution in [1.82, 2.24) is 8.80 Å². The quantitative estimate of drug-likeness (QED) is 0.0468. The van der Waals surface area contributed by atoms with E-state index in [0.717, 1.165) is 68.9 Å². The van der Waals surface area contributed by atoms with Gasteiger partial charge in [0.1, 0.15) is 0 Å². The summed E-state index contributed by atoms with van der Waals surface area (Å²) in [4.78, 5) is 13.5. The van der Waals surface area contributed by atoms with Gasteiger partial charge in [0.05, 0.1) is 0 Å². The number of carbonyl (C=O) groups is 1. The van der Waals surface area contributed by atoms with Crippen molar-refractivity contribution in [3.63, 3.8) is 0 Å². The third-order valence-corrected chi connectivity index (χ3v) is 25.0. The molecule has 0 atom stereocenters. The molecule has 0 unspecified atom stereocenters. The molecule has 0 bridgehead atoms. The molecule has 1 aromatic carbocycles. The Hall–Kier alpha value is -1.90. The second-order valence-electron chi connectivity index (χ2n) is 16.4. The van der Waals surface area contributed by atoms with Crippen molar-refractivity contribution < 1.29 is 52.7 Å². The minimum atomic E-state index is -7.16. The standard InChI is InChI=1S/C41H71F6N2O6PS2/c1-8-11-14-17-20-23-30-56(31-24-21-18-15-12-9-2,32-25-22-19-16-13-10-3,49(57(51,52)40(42,43)44)58(53,54)41(45,46)47)33-29-55-38(50)48-39(6,7)37-28-26-27-36(34-37)35(4)5/h26-28,34H,4,8-25,29-33H2,1-3,5-7H3,(H,48,50). The Labute approximate surface area is 345 Å². The molecule has 1 rings (SSSR count). The SMILES string of the molecule is C=C(C)c1cccc(C(C)(C)NC(=O)OCCP(CCCCCCCC)(CCCCCCCC)(CCCCCCCC)N(S(=O)(=O)C(F)(F)F)S(=O)(=O)C(F)(F)F)c1. The number of nitrogens with one attached hydrogen (secondary N) is 1. The number of ether oxygens (including phenoxy) is 1. The molecule has 58 heavy (non-hydrogen) atoms. The zero-order valence-electron chi connectivity index (χ0n) is 35.7. The van der Waals surface area contributed by atoms with E-state index >= 15 is 0 Å². The average molecular weight is 897 g/mol. The number of halogens is 6. The fourth-order valence-corrected chi connectivity index (χ4v) is 22.7. The van der Waals surface area contributed by atoms with Gasteiger partial charge in [-0.05, 0) is 0 Å². The molecule has 340 valence electrons. The normalized spacial score (nSPS) is 14.0. The molecule has 0 aliphatic heterocycles. The van der Waals surface area contributed by atoms with E-state index in [4.69, 9.17) is 4.74 Å². The van der Waals surface area contributed by atoms with E-state index < -0.39 is 84.2 Å². The Morgan fingerprint density at radius 3 is 1.41 bits per heavy atom. The number of benzene rings is 1. The molecule has 0 heterocycles. The number of nitrogens with zero attached hydrogens (tertiary/aromatic N) is 1. The molecule has 0 saturated carbocycles. The molecule has 0 aromatic heterocycles. The summed E-state index contributed by atoms with van der Waals surface area (Å²) in [5, 5.41) is 2.70. The predicted molar refractivity (Wildman–Crippen MR) is 227 cm³/mol. The van der Waals surface area contributed by atoms with E-state index in [2.05, 4.69) is 11.9 Å². The predicted octanol–water partition coefficient (Wildman–Crippen LogP) is 13.2.